The maximum atomic E-state index is 14.0. The van der Waals surface area contributed by atoms with Crippen LogP contribution in [0.3, 0.4) is 0 Å². The molecule has 8 nitrogen and oxygen atoms in total. The second-order valence-electron chi connectivity index (χ2n) is 10.3. The zero-order chi connectivity index (χ0) is 31.1. The van der Waals surface area contributed by atoms with Gasteiger partial charge in [0.1, 0.15) is 23.8 Å². The number of aromatic hydroxyl groups is 2. The lowest BCUT2D eigenvalue weighted by Crippen LogP contribution is -2.46. The number of Topliss-reactive ketones (excluding diaryl/α,β-unsaturated/α-hetero) is 1. The molecule has 12 heteroatoms. The van der Waals surface area contributed by atoms with Gasteiger partial charge in [-0.3, -0.25) is 13.9 Å². The highest BCUT2D eigenvalue weighted by Crippen LogP contribution is 2.56. The topological polar surface area (TPSA) is 124 Å². The number of nitrogens with one attached hydrogen (secondary N) is 1. The van der Waals surface area contributed by atoms with Crippen molar-refractivity contribution in [1.82, 2.24) is 0 Å². The van der Waals surface area contributed by atoms with Crippen molar-refractivity contribution in [3.63, 3.8) is 0 Å². The van der Waals surface area contributed by atoms with Gasteiger partial charge in [-0.05, 0) is 90.2 Å². The van der Waals surface area contributed by atoms with Crippen molar-refractivity contribution in [3.8, 4) is 11.5 Å². The molecular weight excluding hydrogens is 585 g/mol. The number of carbonyl (C=O) groups excluding carboxylic acids is 2. The van der Waals surface area contributed by atoms with Gasteiger partial charge >= 0.3 is 6.18 Å². The number of benzene rings is 3. The Morgan fingerprint density at radius 2 is 1.47 bits per heavy atom. The zero-order valence-corrected chi connectivity index (χ0v) is 23.6. The number of allylic oxidation sites excluding steroid dienone is 3. The Labute approximate surface area is 245 Å². The van der Waals surface area contributed by atoms with Crippen LogP contribution in [0.15, 0.2) is 84.9 Å². The summed E-state index contributed by atoms with van der Waals surface area (Å²) in [6.07, 6.45) is -2.18. The molecule has 1 amide bonds. The fourth-order valence-corrected chi connectivity index (χ4v) is 7.91. The Kier molecular flexibility index (Phi) is 7.82. The van der Waals surface area contributed by atoms with E-state index in [9.17, 15) is 41.4 Å². The first-order chi connectivity index (χ1) is 20.3. The number of ketones is 1. The number of anilines is 2. The van der Waals surface area contributed by atoms with Crippen molar-refractivity contribution in [3.05, 3.63) is 96.1 Å². The van der Waals surface area contributed by atoms with Crippen LogP contribution in [0.25, 0.3) is 11.1 Å². The van der Waals surface area contributed by atoms with E-state index in [1.54, 1.807) is 37.3 Å². The minimum absolute atomic E-state index is 0.0607. The molecule has 1 fully saturated rings. The molecule has 0 saturated heterocycles. The summed E-state index contributed by atoms with van der Waals surface area (Å²) >= 11 is 0. The van der Waals surface area contributed by atoms with Crippen LogP contribution in [0, 0.1) is 11.8 Å². The molecule has 43 heavy (non-hydrogen) atoms. The van der Waals surface area contributed by atoms with E-state index in [-0.39, 0.29) is 33.8 Å². The molecule has 0 radical (unpaired) electrons. The summed E-state index contributed by atoms with van der Waals surface area (Å²) in [5.41, 5.74) is 2.14. The number of alkyl halides is 3. The quantitative estimate of drug-likeness (QED) is 0.288. The highest BCUT2D eigenvalue weighted by Gasteiger charge is 2.59. The predicted octanol–water partition coefficient (Wildman–Crippen LogP) is 5.51. The van der Waals surface area contributed by atoms with Crippen molar-refractivity contribution in [2.75, 3.05) is 16.2 Å². The summed E-state index contributed by atoms with van der Waals surface area (Å²) in [5, 5.41) is 20.7. The van der Waals surface area contributed by atoms with Crippen LogP contribution in [-0.4, -0.2) is 48.3 Å². The average Bonchev–Trinajstić information content (AvgIpc) is 3.43. The standard InChI is InChI=1S/C31H27F3N2O6S/c1-2-3-26(39)35-20-8-4-18(5-9-20)27-24-16-25(29(30(24)40)28(27)19-6-12-22(37)13-7-19)43(41,42)36(17-31(32,33)34)21-10-14-23(38)15-11-21/h2-15,24-25,29,37-38H,16-17H2,1H3,(H,35,39). The molecule has 0 aromatic heterocycles. The number of fused-ring (bicyclic) bond motifs is 2. The van der Waals surface area contributed by atoms with Gasteiger partial charge in [-0.2, -0.15) is 13.2 Å². The number of rotatable bonds is 8. The van der Waals surface area contributed by atoms with Crippen molar-refractivity contribution in [1.29, 1.82) is 0 Å². The summed E-state index contributed by atoms with van der Waals surface area (Å²) in [4.78, 5) is 25.7. The van der Waals surface area contributed by atoms with Gasteiger partial charge in [0.25, 0.3) is 0 Å². The molecule has 2 aliphatic carbocycles. The van der Waals surface area contributed by atoms with Gasteiger partial charge in [-0.15, -0.1) is 0 Å². The van der Waals surface area contributed by atoms with E-state index in [0.717, 1.165) is 24.3 Å². The Balaban J connectivity index is 1.60. The molecule has 0 aliphatic heterocycles. The van der Waals surface area contributed by atoms with Gasteiger partial charge in [0, 0.05) is 11.6 Å². The Bertz CT molecular complexity index is 1710. The molecule has 3 unspecified atom stereocenters. The number of hydrogen-bond acceptors (Lipinski definition) is 6. The minimum Gasteiger partial charge on any atom is -0.508 e. The zero-order valence-electron chi connectivity index (χ0n) is 22.7. The lowest BCUT2D eigenvalue weighted by Gasteiger charge is -2.33. The second kappa shape index (κ2) is 11.3. The van der Waals surface area contributed by atoms with Crippen molar-refractivity contribution in [2.24, 2.45) is 11.8 Å². The van der Waals surface area contributed by atoms with Gasteiger partial charge in [0.15, 0.2) is 0 Å². The molecule has 3 atom stereocenters. The van der Waals surface area contributed by atoms with E-state index >= 15 is 0 Å². The first-order valence-electron chi connectivity index (χ1n) is 13.3. The molecule has 224 valence electrons. The number of halogens is 3. The van der Waals surface area contributed by atoms with E-state index in [4.69, 9.17) is 0 Å². The fourth-order valence-electron chi connectivity index (χ4n) is 5.80. The van der Waals surface area contributed by atoms with Gasteiger partial charge < -0.3 is 15.5 Å². The van der Waals surface area contributed by atoms with Gasteiger partial charge in [0.2, 0.25) is 15.9 Å². The fraction of sp³-hybridized carbons (Fsp3) is 0.226. The predicted molar refractivity (Wildman–Crippen MR) is 156 cm³/mol. The molecule has 0 spiro atoms. The number of phenolic OH excluding ortho intramolecular Hbond substituents is 2. The Morgan fingerprint density at radius 1 is 0.930 bits per heavy atom. The minimum atomic E-state index is -4.89. The molecule has 3 aromatic rings. The van der Waals surface area contributed by atoms with Crippen LogP contribution in [-0.2, 0) is 19.6 Å². The summed E-state index contributed by atoms with van der Waals surface area (Å²) in [6, 6.07) is 16.8. The van der Waals surface area contributed by atoms with E-state index in [1.807, 2.05) is 0 Å². The first-order valence-corrected chi connectivity index (χ1v) is 14.8. The van der Waals surface area contributed by atoms with Gasteiger partial charge in [-0.1, -0.05) is 30.3 Å². The highest BCUT2D eigenvalue weighted by atomic mass is 32.2. The van der Waals surface area contributed by atoms with E-state index in [2.05, 4.69) is 5.32 Å². The molecule has 3 N–H and O–H groups in total. The number of sulfonamides is 1. The molecular formula is C31H27F3N2O6S. The first kappa shape index (κ1) is 29.9. The van der Waals surface area contributed by atoms with Crippen LogP contribution < -0.4 is 9.62 Å². The highest BCUT2D eigenvalue weighted by molar-refractivity contribution is 7.93. The van der Waals surface area contributed by atoms with Crippen molar-refractivity contribution < 1.29 is 41.4 Å². The van der Waals surface area contributed by atoms with Crippen LogP contribution >= 0.6 is 0 Å². The SMILES string of the molecule is CC=CC(=O)Nc1ccc(C2=C(c3ccc(O)cc3)C3C(=O)C2CC3S(=O)(=O)N(CC(F)(F)F)c2ccc(O)cc2)cc1. The lowest BCUT2D eigenvalue weighted by atomic mass is 9.83. The molecule has 2 aliphatic rings. The third-order valence-corrected chi connectivity index (χ3v) is 9.73. The number of amides is 1. The summed E-state index contributed by atoms with van der Waals surface area (Å²) in [7, 11) is -4.77. The van der Waals surface area contributed by atoms with Gasteiger partial charge in [-0.25, -0.2) is 8.42 Å². The summed E-state index contributed by atoms with van der Waals surface area (Å²) < 4.78 is 69.3. The smallest absolute Gasteiger partial charge is 0.407 e. The Morgan fingerprint density at radius 3 is 2.02 bits per heavy atom. The molecule has 2 bridgehead atoms. The molecule has 5 rings (SSSR count). The molecule has 0 heterocycles. The lowest BCUT2D eigenvalue weighted by molar-refractivity contribution is -0.120. The number of carbonyl (C=O) groups is 2. The molecule has 3 aromatic carbocycles. The molecule has 1 saturated carbocycles. The largest absolute Gasteiger partial charge is 0.508 e. The Hall–Kier alpha value is -4.58. The van der Waals surface area contributed by atoms with Crippen LogP contribution in [0.2, 0.25) is 0 Å². The van der Waals surface area contributed by atoms with Crippen LogP contribution in [0.1, 0.15) is 24.5 Å². The monoisotopic (exact) mass is 612 g/mol. The summed E-state index contributed by atoms with van der Waals surface area (Å²) in [6.45, 7) is -0.111. The van der Waals surface area contributed by atoms with Crippen molar-refractivity contribution >= 4 is 44.2 Å². The van der Waals surface area contributed by atoms with Crippen molar-refractivity contribution in [2.45, 2.75) is 24.8 Å². The number of phenols is 2. The maximum Gasteiger partial charge on any atom is 0.407 e. The van der Waals surface area contributed by atoms with Gasteiger partial charge in [0.05, 0.1) is 16.9 Å². The number of nitrogens with zero attached hydrogens (tertiary/aromatic N) is 1. The number of hydrogen-bond donors (Lipinski definition) is 3. The van der Waals surface area contributed by atoms with Crippen LogP contribution in [0.4, 0.5) is 24.5 Å². The summed E-state index contributed by atoms with van der Waals surface area (Å²) in [5.74, 6) is -3.25. The second-order valence-corrected chi connectivity index (χ2v) is 12.4. The van der Waals surface area contributed by atoms with E-state index < -0.39 is 45.6 Å². The maximum absolute atomic E-state index is 14.0. The average molecular weight is 613 g/mol. The van der Waals surface area contributed by atoms with E-state index in [1.165, 1.54) is 30.3 Å². The van der Waals surface area contributed by atoms with Crippen LogP contribution in [0.5, 0.6) is 11.5 Å². The third kappa shape index (κ3) is 5.87. The van der Waals surface area contributed by atoms with E-state index in [0.29, 0.717) is 28.0 Å². The normalized spacial score (nSPS) is 20.2. The third-order valence-electron chi connectivity index (χ3n) is 7.55.